The molecule has 1 saturated carbocycles. The maximum absolute atomic E-state index is 12.1. The Morgan fingerprint density at radius 2 is 2.05 bits per heavy atom. The molecule has 0 saturated heterocycles. The third-order valence-electron chi connectivity index (χ3n) is 3.84. The van der Waals surface area contributed by atoms with Crippen molar-refractivity contribution >= 4 is 17.5 Å². The molecule has 2 aromatic heterocycles. The highest BCUT2D eigenvalue weighted by Crippen LogP contribution is 2.38. The predicted molar refractivity (Wildman–Crippen MR) is 84.0 cm³/mol. The lowest BCUT2D eigenvalue weighted by atomic mass is 10.3. The van der Waals surface area contributed by atoms with E-state index in [4.69, 9.17) is 0 Å². The molecule has 1 fully saturated rings. The zero-order valence-electron chi connectivity index (χ0n) is 13.1. The molecular formula is C15H20N6O. The number of amides is 2. The van der Waals surface area contributed by atoms with E-state index in [1.165, 1.54) is 12.8 Å². The van der Waals surface area contributed by atoms with E-state index in [1.807, 2.05) is 31.5 Å². The van der Waals surface area contributed by atoms with Gasteiger partial charge in [0, 0.05) is 12.5 Å². The van der Waals surface area contributed by atoms with Crippen LogP contribution in [-0.2, 0) is 6.54 Å². The van der Waals surface area contributed by atoms with Gasteiger partial charge in [-0.25, -0.2) is 4.79 Å². The number of carbonyl (C=O) groups excluding carboxylic acids is 1. The second-order valence-electron chi connectivity index (χ2n) is 5.56. The fourth-order valence-electron chi connectivity index (χ4n) is 2.45. The molecule has 116 valence electrons. The quantitative estimate of drug-likeness (QED) is 0.909. The summed E-state index contributed by atoms with van der Waals surface area (Å²) < 4.78 is 1.86. The van der Waals surface area contributed by atoms with Crippen molar-refractivity contribution in [3.8, 4) is 0 Å². The number of nitrogens with one attached hydrogen (secondary N) is 2. The molecule has 2 aromatic rings. The molecule has 0 unspecified atom stereocenters. The van der Waals surface area contributed by atoms with E-state index in [-0.39, 0.29) is 6.03 Å². The molecule has 2 amide bonds. The van der Waals surface area contributed by atoms with Gasteiger partial charge in [0.05, 0.1) is 22.8 Å². The molecule has 22 heavy (non-hydrogen) atoms. The summed E-state index contributed by atoms with van der Waals surface area (Å²) in [5, 5.41) is 18.1. The highest BCUT2D eigenvalue weighted by Gasteiger charge is 2.25. The molecule has 1 aliphatic rings. The standard InChI is InChI=1S/C15H20N6O/c1-4-21-10(3)14(9(2)20-21)17-15(22)16-13-8-7-12(18-19-13)11-5-6-11/h7-8,11H,4-6H2,1-3H3,(H2,16,17,19,22). The largest absolute Gasteiger partial charge is 0.325 e. The number of anilines is 2. The molecular weight excluding hydrogens is 280 g/mol. The van der Waals surface area contributed by atoms with Crippen molar-refractivity contribution < 1.29 is 4.79 Å². The van der Waals surface area contributed by atoms with Crippen LogP contribution in [0.4, 0.5) is 16.3 Å². The highest BCUT2D eigenvalue weighted by atomic mass is 16.2. The van der Waals surface area contributed by atoms with Gasteiger partial charge in [-0.3, -0.25) is 10.00 Å². The van der Waals surface area contributed by atoms with Crippen molar-refractivity contribution in [3.05, 3.63) is 29.2 Å². The summed E-state index contributed by atoms with van der Waals surface area (Å²) in [4.78, 5) is 12.1. The fraction of sp³-hybridized carbons (Fsp3) is 0.467. The zero-order valence-corrected chi connectivity index (χ0v) is 13.1. The van der Waals surface area contributed by atoms with Gasteiger partial charge in [-0.05, 0) is 45.7 Å². The molecule has 0 bridgehead atoms. The fourth-order valence-corrected chi connectivity index (χ4v) is 2.45. The first kappa shape index (κ1) is 14.5. The van der Waals surface area contributed by atoms with Gasteiger partial charge in [-0.2, -0.15) is 10.2 Å². The molecule has 2 heterocycles. The van der Waals surface area contributed by atoms with Gasteiger partial charge >= 0.3 is 6.03 Å². The maximum Gasteiger partial charge on any atom is 0.325 e. The molecule has 7 nitrogen and oxygen atoms in total. The van der Waals surface area contributed by atoms with Crippen LogP contribution in [0.1, 0.15) is 42.8 Å². The topological polar surface area (TPSA) is 84.7 Å². The van der Waals surface area contributed by atoms with Crippen LogP contribution in [0, 0.1) is 13.8 Å². The average molecular weight is 300 g/mol. The van der Waals surface area contributed by atoms with Gasteiger partial charge in [0.2, 0.25) is 0 Å². The Morgan fingerprint density at radius 3 is 2.59 bits per heavy atom. The van der Waals surface area contributed by atoms with E-state index in [9.17, 15) is 4.79 Å². The van der Waals surface area contributed by atoms with Crippen LogP contribution in [0.25, 0.3) is 0 Å². The Hall–Kier alpha value is -2.44. The molecule has 0 aliphatic heterocycles. The maximum atomic E-state index is 12.1. The van der Waals surface area contributed by atoms with E-state index in [0.29, 0.717) is 11.7 Å². The number of rotatable bonds is 4. The van der Waals surface area contributed by atoms with E-state index >= 15 is 0 Å². The van der Waals surface area contributed by atoms with Crippen LogP contribution in [0.2, 0.25) is 0 Å². The normalized spacial score (nSPS) is 14.0. The first-order chi connectivity index (χ1) is 10.6. The number of aromatic nitrogens is 4. The Labute approximate surface area is 129 Å². The van der Waals surface area contributed by atoms with Crippen LogP contribution in [0.15, 0.2) is 12.1 Å². The van der Waals surface area contributed by atoms with E-state index in [2.05, 4.69) is 25.9 Å². The molecule has 3 rings (SSSR count). The van der Waals surface area contributed by atoms with Crippen molar-refractivity contribution in [2.24, 2.45) is 0 Å². The van der Waals surface area contributed by atoms with Gasteiger partial charge in [-0.15, -0.1) is 5.10 Å². The van der Waals surface area contributed by atoms with Gasteiger partial charge in [0.25, 0.3) is 0 Å². The summed E-state index contributed by atoms with van der Waals surface area (Å²) in [6.45, 7) is 6.59. The monoisotopic (exact) mass is 300 g/mol. The Balaban J connectivity index is 1.65. The first-order valence-corrected chi connectivity index (χ1v) is 7.54. The average Bonchev–Trinajstić information content (AvgIpc) is 3.31. The van der Waals surface area contributed by atoms with Crippen LogP contribution >= 0.6 is 0 Å². The van der Waals surface area contributed by atoms with Crippen molar-refractivity contribution in [2.75, 3.05) is 10.6 Å². The highest BCUT2D eigenvalue weighted by molar-refractivity contribution is 5.99. The summed E-state index contributed by atoms with van der Waals surface area (Å²) in [6, 6.07) is 3.37. The van der Waals surface area contributed by atoms with Gasteiger partial charge < -0.3 is 5.32 Å². The smallest absolute Gasteiger partial charge is 0.304 e. The number of urea groups is 1. The molecule has 0 aromatic carbocycles. The number of aryl methyl sites for hydroxylation is 2. The lowest BCUT2D eigenvalue weighted by molar-refractivity contribution is 0.262. The second-order valence-corrected chi connectivity index (χ2v) is 5.56. The minimum absolute atomic E-state index is 0.338. The Morgan fingerprint density at radius 1 is 1.27 bits per heavy atom. The lowest BCUT2D eigenvalue weighted by Crippen LogP contribution is -2.21. The van der Waals surface area contributed by atoms with Gasteiger partial charge in [0.1, 0.15) is 0 Å². The lowest BCUT2D eigenvalue weighted by Gasteiger charge is -2.07. The summed E-state index contributed by atoms with van der Waals surface area (Å²) in [7, 11) is 0. The molecule has 2 N–H and O–H groups in total. The molecule has 7 heteroatoms. The molecule has 0 atom stereocenters. The molecule has 0 radical (unpaired) electrons. The first-order valence-electron chi connectivity index (χ1n) is 7.54. The van der Waals surface area contributed by atoms with Crippen LogP contribution in [-0.4, -0.2) is 26.0 Å². The number of carbonyl (C=O) groups is 1. The third-order valence-corrected chi connectivity index (χ3v) is 3.84. The van der Waals surface area contributed by atoms with Crippen molar-refractivity contribution in [1.82, 2.24) is 20.0 Å². The Kier molecular flexibility index (Phi) is 3.79. The van der Waals surface area contributed by atoms with Crippen LogP contribution in [0.3, 0.4) is 0 Å². The Bertz CT molecular complexity index is 687. The van der Waals surface area contributed by atoms with Gasteiger partial charge in [-0.1, -0.05) is 0 Å². The predicted octanol–water partition coefficient (Wildman–Crippen LogP) is 2.83. The van der Waals surface area contributed by atoms with Crippen LogP contribution in [0.5, 0.6) is 0 Å². The van der Waals surface area contributed by atoms with E-state index < -0.39 is 0 Å². The summed E-state index contributed by atoms with van der Waals surface area (Å²) in [5.41, 5.74) is 3.47. The van der Waals surface area contributed by atoms with Crippen molar-refractivity contribution in [1.29, 1.82) is 0 Å². The number of nitrogens with zero attached hydrogens (tertiary/aromatic N) is 4. The molecule has 0 spiro atoms. The number of hydrogen-bond acceptors (Lipinski definition) is 4. The minimum atomic E-state index is -0.338. The zero-order chi connectivity index (χ0) is 15.7. The van der Waals surface area contributed by atoms with Crippen molar-refractivity contribution in [3.63, 3.8) is 0 Å². The summed E-state index contributed by atoms with van der Waals surface area (Å²) in [6.07, 6.45) is 2.36. The summed E-state index contributed by atoms with van der Waals surface area (Å²) in [5.74, 6) is 1.00. The third kappa shape index (κ3) is 2.93. The number of hydrogen-bond donors (Lipinski definition) is 2. The van der Waals surface area contributed by atoms with Crippen LogP contribution < -0.4 is 10.6 Å². The van der Waals surface area contributed by atoms with E-state index in [0.717, 1.165) is 29.3 Å². The molecule has 1 aliphatic carbocycles. The van der Waals surface area contributed by atoms with Crippen molar-refractivity contribution in [2.45, 2.75) is 46.1 Å². The van der Waals surface area contributed by atoms with Gasteiger partial charge in [0.15, 0.2) is 5.82 Å². The summed E-state index contributed by atoms with van der Waals surface area (Å²) >= 11 is 0. The second kappa shape index (κ2) is 5.75. The van der Waals surface area contributed by atoms with E-state index in [1.54, 1.807) is 6.07 Å². The minimum Gasteiger partial charge on any atom is -0.304 e. The SMILES string of the molecule is CCn1nc(C)c(NC(=O)Nc2ccc(C3CC3)nn2)c1C.